The molecule has 0 heterocycles. The van der Waals surface area contributed by atoms with Crippen LogP contribution < -0.4 is 10.6 Å². The Balaban J connectivity index is 1.55. The van der Waals surface area contributed by atoms with Gasteiger partial charge in [0.15, 0.2) is 0 Å². The Kier molecular flexibility index (Phi) is 8.48. The normalized spacial score (nSPS) is 10.8. The van der Waals surface area contributed by atoms with Crippen LogP contribution in [0.3, 0.4) is 0 Å². The van der Waals surface area contributed by atoms with E-state index in [1.807, 2.05) is 36.4 Å². The van der Waals surface area contributed by atoms with Crippen molar-refractivity contribution in [2.75, 3.05) is 25.2 Å². The summed E-state index contributed by atoms with van der Waals surface area (Å²) in [6.45, 7) is 2.87. The fraction of sp³-hybridized carbons (Fsp3) is 0.231. The molecule has 0 atom stereocenters. The second-order valence-electron chi connectivity index (χ2n) is 7.86. The Hall–Kier alpha value is -3.09. The van der Waals surface area contributed by atoms with Crippen LogP contribution in [0, 0.1) is 0 Å². The SMILES string of the molecule is CC(=O)Nc1ccc(SCC(=O)NCc2ccccc2-c2ccc(CN(C)C)cc2)cc1. The zero-order valence-electron chi connectivity index (χ0n) is 18.7. The smallest absolute Gasteiger partial charge is 0.230 e. The minimum atomic E-state index is -0.102. The molecule has 2 amide bonds. The van der Waals surface area contributed by atoms with Crippen molar-refractivity contribution in [3.63, 3.8) is 0 Å². The summed E-state index contributed by atoms with van der Waals surface area (Å²) in [7, 11) is 4.12. The lowest BCUT2D eigenvalue weighted by Crippen LogP contribution is -2.24. The average molecular weight is 448 g/mol. The molecule has 0 aliphatic carbocycles. The summed E-state index contributed by atoms with van der Waals surface area (Å²) in [5.41, 5.74) is 5.38. The Labute approximate surface area is 194 Å². The van der Waals surface area contributed by atoms with Crippen LogP contribution in [0.15, 0.2) is 77.7 Å². The van der Waals surface area contributed by atoms with Gasteiger partial charge in [-0.2, -0.15) is 0 Å². The number of hydrogen-bond donors (Lipinski definition) is 2. The predicted molar refractivity (Wildman–Crippen MR) is 133 cm³/mol. The second-order valence-corrected chi connectivity index (χ2v) is 8.91. The zero-order valence-corrected chi connectivity index (χ0v) is 19.5. The van der Waals surface area contributed by atoms with Crippen molar-refractivity contribution in [3.8, 4) is 11.1 Å². The van der Waals surface area contributed by atoms with E-state index in [1.165, 1.54) is 24.2 Å². The molecule has 0 radical (unpaired) electrons. The van der Waals surface area contributed by atoms with Gasteiger partial charge >= 0.3 is 0 Å². The second kappa shape index (κ2) is 11.5. The van der Waals surface area contributed by atoms with Crippen molar-refractivity contribution in [2.24, 2.45) is 0 Å². The van der Waals surface area contributed by atoms with Gasteiger partial charge in [-0.25, -0.2) is 0 Å². The van der Waals surface area contributed by atoms with Gasteiger partial charge in [-0.1, -0.05) is 48.5 Å². The minimum absolute atomic E-state index is 0.0166. The van der Waals surface area contributed by atoms with E-state index in [0.717, 1.165) is 33.8 Å². The first-order valence-electron chi connectivity index (χ1n) is 10.5. The highest BCUT2D eigenvalue weighted by Crippen LogP contribution is 2.25. The fourth-order valence-corrected chi connectivity index (χ4v) is 4.07. The number of anilines is 1. The maximum absolute atomic E-state index is 12.4. The van der Waals surface area contributed by atoms with Gasteiger partial charge < -0.3 is 15.5 Å². The van der Waals surface area contributed by atoms with Crippen molar-refractivity contribution in [3.05, 3.63) is 83.9 Å². The summed E-state index contributed by atoms with van der Waals surface area (Å²) in [5.74, 6) is 0.215. The van der Waals surface area contributed by atoms with E-state index in [2.05, 4.69) is 66.0 Å². The van der Waals surface area contributed by atoms with Crippen molar-refractivity contribution in [2.45, 2.75) is 24.9 Å². The Bertz CT molecular complexity index is 1050. The molecular formula is C26H29N3O2S. The molecule has 0 unspecified atom stereocenters. The number of amides is 2. The lowest BCUT2D eigenvalue weighted by atomic mass is 9.98. The van der Waals surface area contributed by atoms with Crippen molar-refractivity contribution < 1.29 is 9.59 Å². The van der Waals surface area contributed by atoms with Crippen LogP contribution in [0.5, 0.6) is 0 Å². The highest BCUT2D eigenvalue weighted by atomic mass is 32.2. The minimum Gasteiger partial charge on any atom is -0.351 e. The van der Waals surface area contributed by atoms with Crippen LogP contribution in [0.25, 0.3) is 11.1 Å². The van der Waals surface area contributed by atoms with Gasteiger partial charge in [0.2, 0.25) is 11.8 Å². The van der Waals surface area contributed by atoms with Crippen molar-refractivity contribution in [1.29, 1.82) is 0 Å². The number of rotatable bonds is 9. The van der Waals surface area contributed by atoms with E-state index in [-0.39, 0.29) is 11.8 Å². The van der Waals surface area contributed by atoms with Gasteiger partial charge in [-0.15, -0.1) is 11.8 Å². The molecule has 5 nitrogen and oxygen atoms in total. The maximum atomic E-state index is 12.4. The lowest BCUT2D eigenvalue weighted by Gasteiger charge is -2.13. The molecule has 0 aliphatic rings. The average Bonchev–Trinajstić information content (AvgIpc) is 2.77. The molecule has 3 aromatic rings. The van der Waals surface area contributed by atoms with E-state index < -0.39 is 0 Å². The first kappa shape index (κ1) is 23.6. The van der Waals surface area contributed by atoms with Crippen molar-refractivity contribution in [1.82, 2.24) is 10.2 Å². The highest BCUT2D eigenvalue weighted by molar-refractivity contribution is 8.00. The van der Waals surface area contributed by atoms with Gasteiger partial charge in [0.1, 0.15) is 0 Å². The molecule has 0 aromatic heterocycles. The fourth-order valence-electron chi connectivity index (χ4n) is 3.34. The van der Waals surface area contributed by atoms with Gasteiger partial charge in [0.25, 0.3) is 0 Å². The molecule has 6 heteroatoms. The summed E-state index contributed by atoms with van der Waals surface area (Å²) in [5, 5.41) is 5.77. The van der Waals surface area contributed by atoms with Crippen LogP contribution in [-0.2, 0) is 22.7 Å². The van der Waals surface area contributed by atoms with Gasteiger partial charge in [0, 0.05) is 30.6 Å². The maximum Gasteiger partial charge on any atom is 0.230 e. The topological polar surface area (TPSA) is 61.4 Å². The number of nitrogens with zero attached hydrogens (tertiary/aromatic N) is 1. The quantitative estimate of drug-likeness (QED) is 0.464. The first-order valence-corrected chi connectivity index (χ1v) is 11.5. The summed E-state index contributed by atoms with van der Waals surface area (Å²) in [6.07, 6.45) is 0. The van der Waals surface area contributed by atoms with E-state index in [1.54, 1.807) is 0 Å². The number of carbonyl (C=O) groups excluding carboxylic acids is 2. The summed E-state index contributed by atoms with van der Waals surface area (Å²) < 4.78 is 0. The number of benzene rings is 3. The molecule has 3 rings (SSSR count). The standard InChI is InChI=1S/C26H29N3O2S/c1-19(30)28-23-12-14-24(15-13-23)32-18-26(31)27-16-22-6-4-5-7-25(22)21-10-8-20(9-11-21)17-29(2)3/h4-15H,16-18H2,1-3H3,(H,27,31)(H,28,30). The van der Waals surface area contributed by atoms with Crippen LogP contribution >= 0.6 is 11.8 Å². The molecule has 0 bridgehead atoms. The highest BCUT2D eigenvalue weighted by Gasteiger charge is 2.08. The molecule has 0 saturated carbocycles. The number of hydrogen-bond acceptors (Lipinski definition) is 4. The molecule has 0 aliphatic heterocycles. The first-order chi connectivity index (χ1) is 15.4. The number of thioether (sulfide) groups is 1. The van der Waals surface area contributed by atoms with Crippen LogP contribution in [-0.4, -0.2) is 36.6 Å². The third-order valence-corrected chi connectivity index (χ3v) is 5.81. The van der Waals surface area contributed by atoms with Gasteiger partial charge in [-0.05, 0) is 60.6 Å². The molecule has 2 N–H and O–H groups in total. The summed E-state index contributed by atoms with van der Waals surface area (Å²) in [4.78, 5) is 26.6. The van der Waals surface area contributed by atoms with E-state index in [4.69, 9.17) is 0 Å². The number of nitrogens with one attached hydrogen (secondary N) is 2. The molecule has 166 valence electrons. The third kappa shape index (κ3) is 7.25. The van der Waals surface area contributed by atoms with Crippen LogP contribution in [0.2, 0.25) is 0 Å². The third-order valence-electron chi connectivity index (χ3n) is 4.80. The van der Waals surface area contributed by atoms with Crippen molar-refractivity contribution >= 4 is 29.3 Å². The van der Waals surface area contributed by atoms with E-state index >= 15 is 0 Å². The van der Waals surface area contributed by atoms with E-state index in [0.29, 0.717) is 12.3 Å². The van der Waals surface area contributed by atoms with Crippen LogP contribution in [0.1, 0.15) is 18.1 Å². The number of carbonyl (C=O) groups is 2. The van der Waals surface area contributed by atoms with Crippen LogP contribution in [0.4, 0.5) is 5.69 Å². The monoisotopic (exact) mass is 447 g/mol. The largest absolute Gasteiger partial charge is 0.351 e. The molecular weight excluding hydrogens is 418 g/mol. The van der Waals surface area contributed by atoms with Gasteiger partial charge in [-0.3, -0.25) is 9.59 Å². The Morgan fingerprint density at radius 3 is 2.25 bits per heavy atom. The Morgan fingerprint density at radius 1 is 0.906 bits per heavy atom. The van der Waals surface area contributed by atoms with Gasteiger partial charge in [0.05, 0.1) is 5.75 Å². The predicted octanol–water partition coefficient (Wildman–Crippen LogP) is 4.78. The molecule has 0 fully saturated rings. The lowest BCUT2D eigenvalue weighted by molar-refractivity contribution is -0.118. The summed E-state index contributed by atoms with van der Waals surface area (Å²) in [6, 6.07) is 24.2. The van der Waals surface area contributed by atoms with E-state index in [9.17, 15) is 9.59 Å². The molecule has 32 heavy (non-hydrogen) atoms. The summed E-state index contributed by atoms with van der Waals surface area (Å²) >= 11 is 1.47. The Morgan fingerprint density at radius 2 is 1.59 bits per heavy atom. The molecule has 3 aromatic carbocycles. The molecule has 0 saturated heterocycles. The zero-order chi connectivity index (χ0) is 22.9. The molecule has 0 spiro atoms.